The molecule has 0 spiro atoms. The van der Waals surface area contributed by atoms with Gasteiger partial charge in [-0.2, -0.15) is 5.10 Å². The van der Waals surface area contributed by atoms with Crippen molar-refractivity contribution in [1.82, 2.24) is 9.78 Å². The Kier molecular flexibility index (Phi) is 4.10. The Hall–Kier alpha value is -0.390. The Bertz CT molecular complexity index is 299. The molecule has 4 nitrogen and oxygen atoms in total. The van der Waals surface area contributed by atoms with E-state index < -0.39 is 12.2 Å². The number of halogens is 1. The first kappa shape index (κ1) is 11.7. The second kappa shape index (κ2) is 4.91. The summed E-state index contributed by atoms with van der Waals surface area (Å²) in [4.78, 5) is 0. The SMILES string of the molecule is CCCn1ncc(Br)c1C(O)C(C)O. The molecule has 1 aromatic heterocycles. The van der Waals surface area contributed by atoms with Crippen molar-refractivity contribution in [2.24, 2.45) is 0 Å². The minimum Gasteiger partial charge on any atom is -0.390 e. The molecule has 0 aromatic carbocycles. The second-order valence-corrected chi connectivity index (χ2v) is 4.14. The predicted octanol–water partition coefficient (Wildman–Crippen LogP) is 1.47. The van der Waals surface area contributed by atoms with E-state index in [9.17, 15) is 10.2 Å². The van der Waals surface area contributed by atoms with Gasteiger partial charge in [0.25, 0.3) is 0 Å². The molecule has 2 atom stereocenters. The van der Waals surface area contributed by atoms with Crippen LogP contribution in [-0.4, -0.2) is 26.1 Å². The Balaban J connectivity index is 2.97. The maximum Gasteiger partial charge on any atom is 0.122 e. The van der Waals surface area contributed by atoms with Crippen LogP contribution < -0.4 is 0 Å². The summed E-state index contributed by atoms with van der Waals surface area (Å²) >= 11 is 3.30. The zero-order valence-electron chi connectivity index (χ0n) is 8.31. The van der Waals surface area contributed by atoms with Crippen molar-refractivity contribution in [3.8, 4) is 0 Å². The van der Waals surface area contributed by atoms with Gasteiger partial charge in [-0.1, -0.05) is 6.92 Å². The van der Waals surface area contributed by atoms with Crippen LogP contribution in [0.4, 0.5) is 0 Å². The molecule has 0 aliphatic heterocycles. The molecule has 0 bridgehead atoms. The van der Waals surface area contributed by atoms with Crippen LogP contribution in [0.5, 0.6) is 0 Å². The lowest BCUT2D eigenvalue weighted by molar-refractivity contribution is 0.0243. The highest BCUT2D eigenvalue weighted by atomic mass is 79.9. The molecule has 1 rings (SSSR count). The average molecular weight is 263 g/mol. The number of nitrogens with zero attached hydrogens (tertiary/aromatic N) is 2. The smallest absolute Gasteiger partial charge is 0.122 e. The van der Waals surface area contributed by atoms with Crippen molar-refractivity contribution in [2.45, 2.75) is 39.0 Å². The molecule has 0 saturated heterocycles. The van der Waals surface area contributed by atoms with E-state index in [-0.39, 0.29) is 0 Å². The van der Waals surface area contributed by atoms with Crippen LogP contribution in [0.25, 0.3) is 0 Å². The van der Waals surface area contributed by atoms with Crippen molar-refractivity contribution < 1.29 is 10.2 Å². The number of aliphatic hydroxyl groups excluding tert-OH is 2. The minimum atomic E-state index is -0.890. The van der Waals surface area contributed by atoms with Gasteiger partial charge < -0.3 is 10.2 Å². The van der Waals surface area contributed by atoms with E-state index >= 15 is 0 Å². The van der Waals surface area contributed by atoms with Crippen LogP contribution in [0.1, 0.15) is 32.1 Å². The molecule has 0 aliphatic carbocycles. The predicted molar refractivity (Wildman–Crippen MR) is 56.9 cm³/mol. The highest BCUT2D eigenvalue weighted by Gasteiger charge is 2.21. The molecule has 5 heteroatoms. The number of hydrogen-bond donors (Lipinski definition) is 2. The monoisotopic (exact) mass is 262 g/mol. The summed E-state index contributed by atoms with van der Waals surface area (Å²) in [6.07, 6.45) is 0.890. The summed E-state index contributed by atoms with van der Waals surface area (Å²) in [5.74, 6) is 0. The summed E-state index contributed by atoms with van der Waals surface area (Å²) < 4.78 is 2.45. The standard InChI is InChI=1S/C9H15BrN2O2/c1-3-4-12-8(7(10)5-11-12)9(14)6(2)13/h5-6,9,13-14H,3-4H2,1-2H3. The van der Waals surface area contributed by atoms with Gasteiger partial charge in [0, 0.05) is 6.54 Å². The Morgan fingerprint density at radius 1 is 1.57 bits per heavy atom. The van der Waals surface area contributed by atoms with Gasteiger partial charge in [-0.3, -0.25) is 4.68 Å². The summed E-state index contributed by atoms with van der Waals surface area (Å²) in [6, 6.07) is 0. The lowest BCUT2D eigenvalue weighted by Gasteiger charge is -2.16. The van der Waals surface area contributed by atoms with Crippen LogP contribution in [0.3, 0.4) is 0 Å². The van der Waals surface area contributed by atoms with Crippen LogP contribution in [0.15, 0.2) is 10.7 Å². The zero-order chi connectivity index (χ0) is 10.7. The van der Waals surface area contributed by atoms with E-state index in [4.69, 9.17) is 0 Å². The Labute approximate surface area is 91.7 Å². The summed E-state index contributed by atoms with van der Waals surface area (Å²) in [5, 5.41) is 23.1. The van der Waals surface area contributed by atoms with Crippen molar-refractivity contribution in [1.29, 1.82) is 0 Å². The zero-order valence-corrected chi connectivity index (χ0v) is 9.90. The molecule has 2 unspecified atom stereocenters. The van der Waals surface area contributed by atoms with Crippen molar-refractivity contribution in [3.05, 3.63) is 16.4 Å². The number of hydrogen-bond acceptors (Lipinski definition) is 3. The maximum absolute atomic E-state index is 9.73. The van der Waals surface area contributed by atoms with Gasteiger partial charge in [0.15, 0.2) is 0 Å². The van der Waals surface area contributed by atoms with E-state index in [2.05, 4.69) is 21.0 Å². The van der Waals surface area contributed by atoms with Crippen LogP contribution in [0, 0.1) is 0 Å². The topological polar surface area (TPSA) is 58.3 Å². The lowest BCUT2D eigenvalue weighted by Crippen LogP contribution is -2.19. The van der Waals surface area contributed by atoms with Gasteiger partial charge in [0.05, 0.1) is 22.5 Å². The van der Waals surface area contributed by atoms with Gasteiger partial charge in [-0.25, -0.2) is 0 Å². The molecule has 0 radical (unpaired) electrons. The fourth-order valence-corrected chi connectivity index (χ4v) is 1.82. The van der Waals surface area contributed by atoms with Gasteiger partial charge in [0.2, 0.25) is 0 Å². The van der Waals surface area contributed by atoms with Gasteiger partial charge in [-0.15, -0.1) is 0 Å². The highest BCUT2D eigenvalue weighted by Crippen LogP contribution is 2.25. The third-order valence-electron chi connectivity index (χ3n) is 2.01. The number of rotatable bonds is 4. The molecule has 80 valence electrons. The average Bonchev–Trinajstić information content (AvgIpc) is 2.47. The molecule has 14 heavy (non-hydrogen) atoms. The molecule has 1 heterocycles. The molecular formula is C9H15BrN2O2. The molecule has 1 aromatic rings. The van der Waals surface area contributed by atoms with Crippen LogP contribution in [0.2, 0.25) is 0 Å². The molecular weight excluding hydrogens is 248 g/mol. The number of aliphatic hydroxyl groups is 2. The van der Waals surface area contributed by atoms with Gasteiger partial charge in [0.1, 0.15) is 6.10 Å². The van der Waals surface area contributed by atoms with Crippen LogP contribution >= 0.6 is 15.9 Å². The van der Waals surface area contributed by atoms with E-state index in [1.165, 1.54) is 0 Å². The number of aryl methyl sites for hydroxylation is 1. The normalized spacial score (nSPS) is 15.5. The Morgan fingerprint density at radius 3 is 2.71 bits per heavy atom. The lowest BCUT2D eigenvalue weighted by atomic mass is 10.1. The first-order valence-electron chi connectivity index (χ1n) is 4.65. The van der Waals surface area contributed by atoms with Crippen LogP contribution in [-0.2, 0) is 6.54 Å². The second-order valence-electron chi connectivity index (χ2n) is 3.29. The van der Waals surface area contributed by atoms with E-state index in [0.717, 1.165) is 17.4 Å². The summed E-state index contributed by atoms with van der Waals surface area (Å²) in [5.41, 5.74) is 0.641. The summed E-state index contributed by atoms with van der Waals surface area (Å²) in [6.45, 7) is 4.33. The quantitative estimate of drug-likeness (QED) is 0.864. The third-order valence-corrected chi connectivity index (χ3v) is 2.62. The van der Waals surface area contributed by atoms with Gasteiger partial charge >= 0.3 is 0 Å². The maximum atomic E-state index is 9.73. The molecule has 0 aliphatic rings. The van der Waals surface area contributed by atoms with Crippen molar-refractivity contribution in [2.75, 3.05) is 0 Å². The first-order chi connectivity index (χ1) is 6.57. The minimum absolute atomic E-state index is 0.641. The third kappa shape index (κ3) is 2.34. The van der Waals surface area contributed by atoms with E-state index in [1.54, 1.807) is 17.8 Å². The van der Waals surface area contributed by atoms with Gasteiger partial charge in [-0.05, 0) is 29.3 Å². The molecule has 0 amide bonds. The summed E-state index contributed by atoms with van der Waals surface area (Å²) in [7, 11) is 0. The fraction of sp³-hybridized carbons (Fsp3) is 0.667. The molecule has 0 saturated carbocycles. The van der Waals surface area contributed by atoms with E-state index in [1.807, 2.05) is 6.92 Å². The highest BCUT2D eigenvalue weighted by molar-refractivity contribution is 9.10. The molecule has 0 fully saturated rings. The van der Waals surface area contributed by atoms with E-state index in [0.29, 0.717) is 5.69 Å². The van der Waals surface area contributed by atoms with Crippen molar-refractivity contribution in [3.63, 3.8) is 0 Å². The van der Waals surface area contributed by atoms with Crippen molar-refractivity contribution >= 4 is 15.9 Å². The Morgan fingerprint density at radius 2 is 2.21 bits per heavy atom. The first-order valence-corrected chi connectivity index (χ1v) is 5.44. The largest absolute Gasteiger partial charge is 0.390 e. The fourth-order valence-electron chi connectivity index (χ4n) is 1.28. The number of aromatic nitrogens is 2. The molecule has 2 N–H and O–H groups in total.